The van der Waals surface area contributed by atoms with E-state index in [-0.39, 0.29) is 11.8 Å². The average Bonchev–Trinajstić information content (AvgIpc) is 2.87. The van der Waals surface area contributed by atoms with E-state index in [0.717, 1.165) is 16.8 Å². The smallest absolute Gasteiger partial charge is 0.224 e. The lowest BCUT2D eigenvalue weighted by atomic mass is 9.84. The van der Waals surface area contributed by atoms with Crippen molar-refractivity contribution in [1.29, 1.82) is 5.26 Å². The van der Waals surface area contributed by atoms with E-state index in [1.165, 1.54) is 0 Å². The first-order valence-corrected chi connectivity index (χ1v) is 7.60. The predicted molar refractivity (Wildman–Crippen MR) is 84.7 cm³/mol. The molecule has 1 aromatic carbocycles. The Morgan fingerprint density at radius 3 is 2.79 bits per heavy atom. The lowest BCUT2D eigenvalue weighted by Crippen LogP contribution is -2.22. The maximum Gasteiger partial charge on any atom is 0.224 e. The van der Waals surface area contributed by atoms with E-state index in [1.54, 1.807) is 11.7 Å². The molecule has 2 aliphatic heterocycles. The molecule has 0 amide bonds. The first-order valence-electron chi connectivity index (χ1n) is 7.60. The molecule has 0 aliphatic carbocycles. The van der Waals surface area contributed by atoms with Gasteiger partial charge in [-0.15, -0.1) is 0 Å². The number of nitrogens with zero attached hydrogens (tertiary/aromatic N) is 3. The zero-order valence-electron chi connectivity index (χ0n) is 13.4. The third kappa shape index (κ3) is 2.00. The molecule has 7 heteroatoms. The molecule has 0 saturated carbocycles. The molecule has 24 heavy (non-hydrogen) atoms. The van der Waals surface area contributed by atoms with Crippen LogP contribution < -0.4 is 19.9 Å². The van der Waals surface area contributed by atoms with Crippen LogP contribution in [0, 0.1) is 18.3 Å². The number of aromatic nitrogens is 2. The van der Waals surface area contributed by atoms with Gasteiger partial charge in [0.25, 0.3) is 0 Å². The summed E-state index contributed by atoms with van der Waals surface area (Å²) in [7, 11) is 1.79. The third-order valence-corrected chi connectivity index (χ3v) is 4.28. The number of rotatable bonds is 1. The highest BCUT2D eigenvalue weighted by atomic mass is 16.6. The molecule has 2 aliphatic rings. The Morgan fingerprint density at radius 1 is 1.29 bits per heavy atom. The molecule has 1 unspecified atom stereocenters. The van der Waals surface area contributed by atoms with Crippen molar-refractivity contribution >= 4 is 0 Å². The lowest BCUT2D eigenvalue weighted by Gasteiger charge is -2.26. The average molecular weight is 324 g/mol. The largest absolute Gasteiger partial charge is 0.486 e. The monoisotopic (exact) mass is 324 g/mol. The highest BCUT2D eigenvalue weighted by Gasteiger charge is 2.35. The van der Waals surface area contributed by atoms with E-state index in [2.05, 4.69) is 11.2 Å². The number of allylic oxidation sites excluding steroid dienone is 1. The summed E-state index contributed by atoms with van der Waals surface area (Å²) in [6.45, 7) is 2.93. The fourth-order valence-electron chi connectivity index (χ4n) is 3.24. The molecule has 0 radical (unpaired) electrons. The SMILES string of the molecule is Cc1nn(C)c2c1C(c1ccc3c(c1)OCCO3)C(C#N)=C(N)O2. The van der Waals surface area contributed by atoms with Crippen LogP contribution in [0.5, 0.6) is 17.4 Å². The number of fused-ring (bicyclic) bond motifs is 2. The summed E-state index contributed by atoms with van der Waals surface area (Å²) in [6.07, 6.45) is 0. The molecular weight excluding hydrogens is 308 g/mol. The van der Waals surface area contributed by atoms with Gasteiger partial charge in [0.1, 0.15) is 24.9 Å². The van der Waals surface area contributed by atoms with E-state index < -0.39 is 0 Å². The molecule has 3 heterocycles. The van der Waals surface area contributed by atoms with Crippen LogP contribution in [0.1, 0.15) is 22.7 Å². The number of nitriles is 1. The molecule has 4 rings (SSSR count). The normalized spacial score (nSPS) is 18.6. The highest BCUT2D eigenvalue weighted by molar-refractivity contribution is 5.57. The minimum Gasteiger partial charge on any atom is -0.486 e. The zero-order valence-corrected chi connectivity index (χ0v) is 13.4. The quantitative estimate of drug-likeness (QED) is 0.858. The lowest BCUT2D eigenvalue weighted by molar-refractivity contribution is 0.171. The number of aryl methyl sites for hydroxylation is 2. The molecular formula is C17H16N4O3. The standard InChI is InChI=1S/C17H16N4O3/c1-9-14-15(10-3-4-12-13(7-10)23-6-5-22-12)11(8-18)16(19)24-17(14)21(2)20-9/h3-4,7,15H,5-6,19H2,1-2H3. The second-order valence-corrected chi connectivity index (χ2v) is 5.76. The van der Waals surface area contributed by atoms with Crippen molar-refractivity contribution in [2.24, 2.45) is 12.8 Å². The van der Waals surface area contributed by atoms with Crippen LogP contribution in [-0.2, 0) is 7.05 Å². The van der Waals surface area contributed by atoms with E-state index in [0.29, 0.717) is 36.2 Å². The molecule has 1 atom stereocenters. The Labute approximate surface area is 138 Å². The molecule has 1 aromatic heterocycles. The van der Waals surface area contributed by atoms with Crippen molar-refractivity contribution < 1.29 is 14.2 Å². The molecule has 0 fully saturated rings. The summed E-state index contributed by atoms with van der Waals surface area (Å²) < 4.78 is 18.5. The van der Waals surface area contributed by atoms with Gasteiger partial charge in [-0.2, -0.15) is 10.4 Å². The van der Waals surface area contributed by atoms with Gasteiger partial charge < -0.3 is 19.9 Å². The highest BCUT2D eigenvalue weighted by Crippen LogP contribution is 2.45. The summed E-state index contributed by atoms with van der Waals surface area (Å²) in [5.74, 6) is 1.69. The van der Waals surface area contributed by atoms with E-state index >= 15 is 0 Å². The van der Waals surface area contributed by atoms with Crippen molar-refractivity contribution in [2.45, 2.75) is 12.8 Å². The second kappa shape index (κ2) is 5.20. The Kier molecular flexibility index (Phi) is 3.13. The number of ether oxygens (including phenoxy) is 3. The van der Waals surface area contributed by atoms with Gasteiger partial charge in [0.05, 0.1) is 17.2 Å². The first-order chi connectivity index (χ1) is 11.6. The fourth-order valence-corrected chi connectivity index (χ4v) is 3.24. The molecule has 2 aromatic rings. The van der Waals surface area contributed by atoms with Crippen molar-refractivity contribution in [3.63, 3.8) is 0 Å². The van der Waals surface area contributed by atoms with E-state index in [4.69, 9.17) is 19.9 Å². The molecule has 2 N–H and O–H groups in total. The molecule has 0 bridgehead atoms. The predicted octanol–water partition coefficient (Wildman–Crippen LogP) is 1.72. The Balaban J connectivity index is 1.91. The number of hydrogen-bond acceptors (Lipinski definition) is 6. The van der Waals surface area contributed by atoms with Crippen LogP contribution in [0.3, 0.4) is 0 Å². The van der Waals surface area contributed by atoms with Gasteiger partial charge in [-0.05, 0) is 24.6 Å². The Morgan fingerprint density at radius 2 is 2.04 bits per heavy atom. The second-order valence-electron chi connectivity index (χ2n) is 5.76. The summed E-state index contributed by atoms with van der Waals surface area (Å²) in [6, 6.07) is 7.85. The van der Waals surface area contributed by atoms with Crippen LogP contribution in [0.25, 0.3) is 0 Å². The summed E-state index contributed by atoms with van der Waals surface area (Å²) in [4.78, 5) is 0. The van der Waals surface area contributed by atoms with Gasteiger partial charge in [0.2, 0.25) is 11.8 Å². The Hall–Kier alpha value is -3.14. The van der Waals surface area contributed by atoms with Crippen LogP contribution >= 0.6 is 0 Å². The maximum atomic E-state index is 9.60. The van der Waals surface area contributed by atoms with Crippen molar-refractivity contribution in [2.75, 3.05) is 13.2 Å². The van der Waals surface area contributed by atoms with Gasteiger partial charge in [-0.3, -0.25) is 0 Å². The summed E-state index contributed by atoms with van der Waals surface area (Å²) in [5, 5.41) is 14.0. The first kappa shape index (κ1) is 14.5. The topological polar surface area (TPSA) is 95.3 Å². The van der Waals surface area contributed by atoms with E-state index in [1.807, 2.05) is 25.1 Å². The van der Waals surface area contributed by atoms with Crippen molar-refractivity contribution in [3.05, 3.63) is 46.5 Å². The summed E-state index contributed by atoms with van der Waals surface area (Å²) in [5.41, 5.74) is 8.89. The van der Waals surface area contributed by atoms with Crippen molar-refractivity contribution in [1.82, 2.24) is 9.78 Å². The van der Waals surface area contributed by atoms with Gasteiger partial charge in [-0.25, -0.2) is 4.68 Å². The minimum atomic E-state index is -0.344. The molecule has 7 nitrogen and oxygen atoms in total. The van der Waals surface area contributed by atoms with Crippen LogP contribution in [0.2, 0.25) is 0 Å². The van der Waals surface area contributed by atoms with Crippen LogP contribution in [-0.4, -0.2) is 23.0 Å². The summed E-state index contributed by atoms with van der Waals surface area (Å²) >= 11 is 0. The zero-order chi connectivity index (χ0) is 16.8. The molecule has 122 valence electrons. The van der Waals surface area contributed by atoms with Gasteiger partial charge in [0, 0.05) is 7.05 Å². The fraction of sp³-hybridized carbons (Fsp3) is 0.294. The number of benzene rings is 1. The van der Waals surface area contributed by atoms with Gasteiger partial charge >= 0.3 is 0 Å². The van der Waals surface area contributed by atoms with Crippen LogP contribution in [0.4, 0.5) is 0 Å². The maximum absolute atomic E-state index is 9.60. The minimum absolute atomic E-state index is 0.105. The van der Waals surface area contributed by atoms with Crippen LogP contribution in [0.15, 0.2) is 29.7 Å². The van der Waals surface area contributed by atoms with Gasteiger partial charge in [0.15, 0.2) is 11.5 Å². The number of hydrogen-bond donors (Lipinski definition) is 1. The number of nitrogens with two attached hydrogens (primary N) is 1. The third-order valence-electron chi connectivity index (χ3n) is 4.28. The Bertz CT molecular complexity index is 907. The molecule has 0 spiro atoms. The van der Waals surface area contributed by atoms with Gasteiger partial charge in [-0.1, -0.05) is 6.07 Å². The van der Waals surface area contributed by atoms with E-state index in [9.17, 15) is 5.26 Å². The molecule has 0 saturated heterocycles. The van der Waals surface area contributed by atoms with Crippen molar-refractivity contribution in [3.8, 4) is 23.4 Å².